The van der Waals surface area contributed by atoms with Gasteiger partial charge in [0, 0.05) is 30.6 Å². The average Bonchev–Trinajstić information content (AvgIpc) is 3.09. The molecule has 19 heavy (non-hydrogen) atoms. The van der Waals surface area contributed by atoms with Gasteiger partial charge in [-0.15, -0.1) is 11.3 Å². The molecule has 1 aliphatic carbocycles. The number of hydrogen-bond donors (Lipinski definition) is 2. The van der Waals surface area contributed by atoms with Crippen molar-refractivity contribution in [2.75, 3.05) is 18.9 Å². The molecule has 0 saturated heterocycles. The molecule has 3 rings (SSSR count). The highest BCUT2D eigenvalue weighted by Gasteiger charge is 2.19. The normalized spacial score (nSPS) is 19.4. The first-order valence-corrected chi connectivity index (χ1v) is 7.43. The first-order chi connectivity index (χ1) is 9.20. The van der Waals surface area contributed by atoms with Crippen LogP contribution in [-0.2, 0) is 13.0 Å². The Balaban J connectivity index is 1.55. The molecule has 2 heterocycles. The third-order valence-electron chi connectivity index (χ3n) is 3.35. The number of carbonyl (C=O) groups is 1. The lowest BCUT2D eigenvalue weighted by Gasteiger charge is -2.20. The Kier molecular flexibility index (Phi) is 3.52. The van der Waals surface area contributed by atoms with Crippen LogP contribution in [0.25, 0.3) is 0 Å². The monoisotopic (exact) mass is 278 g/mol. The highest BCUT2D eigenvalue weighted by Crippen LogP contribution is 2.30. The van der Waals surface area contributed by atoms with E-state index in [1.54, 1.807) is 17.5 Å². The Hall–Kier alpha value is -1.40. The highest BCUT2D eigenvalue weighted by molar-refractivity contribution is 7.15. The molecular formula is C13H18N4OS. The zero-order valence-electron chi connectivity index (χ0n) is 11.0. The highest BCUT2D eigenvalue weighted by atomic mass is 32.1. The summed E-state index contributed by atoms with van der Waals surface area (Å²) in [5, 5.41) is 6.21. The van der Waals surface area contributed by atoms with Gasteiger partial charge < -0.3 is 10.2 Å². The van der Waals surface area contributed by atoms with Crippen LogP contribution >= 0.6 is 11.3 Å². The number of thiazole rings is 1. The van der Waals surface area contributed by atoms with Gasteiger partial charge in [0.2, 0.25) is 0 Å². The van der Waals surface area contributed by atoms with E-state index in [4.69, 9.17) is 0 Å². The van der Waals surface area contributed by atoms with Crippen LogP contribution in [0.2, 0.25) is 0 Å². The van der Waals surface area contributed by atoms with Crippen molar-refractivity contribution in [3.05, 3.63) is 22.8 Å². The van der Waals surface area contributed by atoms with Gasteiger partial charge in [0.15, 0.2) is 5.13 Å². The zero-order valence-corrected chi connectivity index (χ0v) is 11.8. The van der Waals surface area contributed by atoms with Crippen LogP contribution in [0.1, 0.15) is 23.4 Å². The quantitative estimate of drug-likeness (QED) is 0.891. The van der Waals surface area contributed by atoms with Crippen molar-refractivity contribution in [1.29, 1.82) is 0 Å². The smallest absolute Gasteiger partial charge is 0.315 e. The van der Waals surface area contributed by atoms with E-state index in [1.165, 1.54) is 17.7 Å². The minimum absolute atomic E-state index is 0.212. The van der Waals surface area contributed by atoms with E-state index in [1.807, 2.05) is 6.08 Å². The summed E-state index contributed by atoms with van der Waals surface area (Å²) < 4.78 is 0. The Labute approximate surface area is 116 Å². The summed E-state index contributed by atoms with van der Waals surface area (Å²) >= 11 is 1.57. The number of likely N-dealkylation sites (N-methyl/N-ethyl adjacent to an activating group) is 1. The summed E-state index contributed by atoms with van der Waals surface area (Å²) in [7, 11) is 2.10. The van der Waals surface area contributed by atoms with E-state index in [0.29, 0.717) is 11.0 Å². The van der Waals surface area contributed by atoms with E-state index >= 15 is 0 Å². The first-order valence-electron chi connectivity index (χ1n) is 6.62. The van der Waals surface area contributed by atoms with Crippen molar-refractivity contribution in [3.63, 3.8) is 0 Å². The van der Waals surface area contributed by atoms with Gasteiger partial charge in [-0.25, -0.2) is 9.78 Å². The molecule has 0 atom stereocenters. The van der Waals surface area contributed by atoms with Crippen LogP contribution in [0, 0.1) is 5.92 Å². The topological polar surface area (TPSA) is 57.3 Å². The number of urea groups is 1. The Bertz CT molecular complexity index is 507. The van der Waals surface area contributed by atoms with Crippen LogP contribution in [0.3, 0.4) is 0 Å². The number of fused-ring (bicyclic) bond motifs is 1. The van der Waals surface area contributed by atoms with Gasteiger partial charge in [0.25, 0.3) is 0 Å². The fraction of sp³-hybridized carbons (Fsp3) is 0.538. The second kappa shape index (κ2) is 5.30. The lowest BCUT2D eigenvalue weighted by Crippen LogP contribution is -2.25. The third kappa shape index (κ3) is 3.33. The van der Waals surface area contributed by atoms with Crippen molar-refractivity contribution in [2.24, 2.45) is 5.92 Å². The summed E-state index contributed by atoms with van der Waals surface area (Å²) in [6, 6.07) is -0.212. The van der Waals surface area contributed by atoms with Crippen LogP contribution in [-0.4, -0.2) is 29.5 Å². The molecule has 1 saturated carbocycles. The van der Waals surface area contributed by atoms with E-state index in [-0.39, 0.29) is 6.03 Å². The molecule has 1 aromatic rings. The molecule has 0 spiro atoms. The van der Waals surface area contributed by atoms with E-state index in [0.717, 1.165) is 25.2 Å². The second-order valence-corrected chi connectivity index (χ2v) is 6.26. The van der Waals surface area contributed by atoms with Crippen molar-refractivity contribution < 1.29 is 4.79 Å². The standard InChI is InChI=1S/C13H18N4OS/c1-17-7-5-10-11(8-17)19-13(15-10)16-12(18)14-6-4-9-2-3-9/h4,6,9H,2-3,5,7-8H2,1H3,(H2,14,15,16,18)/b6-4+. The molecule has 2 amide bonds. The molecule has 1 aromatic heterocycles. The van der Waals surface area contributed by atoms with E-state index in [9.17, 15) is 4.79 Å². The molecular weight excluding hydrogens is 260 g/mol. The van der Waals surface area contributed by atoms with Crippen molar-refractivity contribution >= 4 is 22.5 Å². The van der Waals surface area contributed by atoms with Gasteiger partial charge in [-0.3, -0.25) is 5.32 Å². The van der Waals surface area contributed by atoms with Crippen LogP contribution < -0.4 is 10.6 Å². The van der Waals surface area contributed by atoms with Crippen molar-refractivity contribution in [2.45, 2.75) is 25.8 Å². The summed E-state index contributed by atoms with van der Waals surface area (Å²) in [5.41, 5.74) is 1.13. The number of allylic oxidation sites excluding steroid dienone is 1. The minimum atomic E-state index is -0.212. The number of carbonyl (C=O) groups excluding carboxylic acids is 1. The number of rotatable bonds is 3. The number of nitrogens with one attached hydrogen (secondary N) is 2. The molecule has 1 aliphatic heterocycles. The van der Waals surface area contributed by atoms with Gasteiger partial charge >= 0.3 is 6.03 Å². The lowest BCUT2D eigenvalue weighted by molar-refractivity contribution is 0.255. The molecule has 102 valence electrons. The van der Waals surface area contributed by atoms with Crippen molar-refractivity contribution in [1.82, 2.24) is 15.2 Å². The maximum absolute atomic E-state index is 11.7. The molecule has 0 bridgehead atoms. The minimum Gasteiger partial charge on any atom is -0.315 e. The van der Waals surface area contributed by atoms with E-state index < -0.39 is 0 Å². The number of nitrogens with zero attached hydrogens (tertiary/aromatic N) is 2. The molecule has 0 unspecified atom stereocenters. The first kappa shape index (κ1) is 12.6. The van der Waals surface area contributed by atoms with Gasteiger partial charge in [-0.2, -0.15) is 0 Å². The summed E-state index contributed by atoms with van der Waals surface area (Å²) in [6.45, 7) is 1.96. The predicted molar refractivity (Wildman–Crippen MR) is 76.2 cm³/mol. The largest absolute Gasteiger partial charge is 0.324 e. The SMILES string of the molecule is CN1CCc2nc(NC(=O)N/C=C/C3CC3)sc2C1. The Morgan fingerprint density at radius 1 is 1.53 bits per heavy atom. The molecule has 5 nitrogen and oxygen atoms in total. The number of anilines is 1. The van der Waals surface area contributed by atoms with Gasteiger partial charge in [-0.1, -0.05) is 6.08 Å². The lowest BCUT2D eigenvalue weighted by atomic mass is 10.2. The molecule has 2 N–H and O–H groups in total. The van der Waals surface area contributed by atoms with Gasteiger partial charge in [0.05, 0.1) is 5.69 Å². The summed E-state index contributed by atoms with van der Waals surface area (Å²) in [5.74, 6) is 0.669. The molecule has 0 aromatic carbocycles. The van der Waals surface area contributed by atoms with Gasteiger partial charge in [0.1, 0.15) is 0 Å². The predicted octanol–water partition coefficient (Wildman–Crippen LogP) is 2.18. The molecule has 2 aliphatic rings. The van der Waals surface area contributed by atoms with Crippen LogP contribution in [0.4, 0.5) is 9.93 Å². The third-order valence-corrected chi connectivity index (χ3v) is 4.35. The zero-order chi connectivity index (χ0) is 13.2. The molecule has 6 heteroatoms. The summed E-state index contributed by atoms with van der Waals surface area (Å²) in [4.78, 5) is 19.7. The summed E-state index contributed by atoms with van der Waals surface area (Å²) in [6.07, 6.45) is 7.22. The fourth-order valence-electron chi connectivity index (χ4n) is 2.06. The Morgan fingerprint density at radius 2 is 2.37 bits per heavy atom. The van der Waals surface area contributed by atoms with Gasteiger partial charge in [-0.05, 0) is 25.8 Å². The van der Waals surface area contributed by atoms with Crippen LogP contribution in [0.5, 0.6) is 0 Å². The average molecular weight is 278 g/mol. The maximum Gasteiger partial charge on any atom is 0.324 e. The fourth-order valence-corrected chi connectivity index (χ4v) is 3.14. The molecule has 1 fully saturated rings. The number of aromatic nitrogens is 1. The van der Waals surface area contributed by atoms with Crippen molar-refractivity contribution in [3.8, 4) is 0 Å². The Morgan fingerprint density at radius 3 is 3.16 bits per heavy atom. The van der Waals surface area contributed by atoms with Crippen LogP contribution in [0.15, 0.2) is 12.3 Å². The second-order valence-electron chi connectivity index (χ2n) is 5.17. The number of hydrogen-bond acceptors (Lipinski definition) is 4. The maximum atomic E-state index is 11.7. The molecule has 0 radical (unpaired) electrons. The number of amides is 2. The van der Waals surface area contributed by atoms with E-state index in [2.05, 4.69) is 27.6 Å².